The fourth-order valence-corrected chi connectivity index (χ4v) is 2.00. The highest BCUT2D eigenvalue weighted by Crippen LogP contribution is 2.23. The van der Waals surface area contributed by atoms with Gasteiger partial charge in [-0.1, -0.05) is 12.1 Å². The number of nitrogens with two attached hydrogens (primary N) is 1. The highest BCUT2D eigenvalue weighted by molar-refractivity contribution is 9.10. The number of halogens is 1. The van der Waals surface area contributed by atoms with Gasteiger partial charge in [0.05, 0.1) is 0 Å². The van der Waals surface area contributed by atoms with E-state index >= 15 is 0 Å². The Balaban J connectivity index is 2.15. The third-order valence-corrected chi connectivity index (χ3v) is 3.10. The van der Waals surface area contributed by atoms with E-state index in [9.17, 15) is 0 Å². The van der Waals surface area contributed by atoms with Crippen LogP contribution < -0.4 is 5.73 Å². The van der Waals surface area contributed by atoms with Crippen molar-refractivity contribution in [2.24, 2.45) is 5.73 Å². The Morgan fingerprint density at radius 2 is 2.28 bits per heavy atom. The smallest absolute Gasteiger partial charge is 0.229 e. The lowest BCUT2D eigenvalue weighted by Crippen LogP contribution is -2.02. The Bertz CT molecular complexity index is 514. The minimum Gasteiger partial charge on any atom is -0.339 e. The molecule has 18 heavy (non-hydrogen) atoms. The van der Waals surface area contributed by atoms with Crippen LogP contribution in [0, 0.1) is 0 Å². The lowest BCUT2D eigenvalue weighted by Gasteiger charge is -2.03. The normalized spacial score (nSPS) is 12.6. The summed E-state index contributed by atoms with van der Waals surface area (Å²) in [5.41, 5.74) is 6.33. The second kappa shape index (κ2) is 6.06. The lowest BCUT2D eigenvalue weighted by molar-refractivity contribution is 0.352. The summed E-state index contributed by atoms with van der Waals surface area (Å²) in [5, 5.41) is 3.98. The maximum Gasteiger partial charge on any atom is 0.229 e. The number of nitrogens with zero attached hydrogens (tertiary/aromatic N) is 3. The van der Waals surface area contributed by atoms with Crippen molar-refractivity contribution in [3.63, 3.8) is 0 Å². The summed E-state index contributed by atoms with van der Waals surface area (Å²) in [6.45, 7) is 2.74. The van der Waals surface area contributed by atoms with Crippen molar-refractivity contribution in [2.45, 2.75) is 25.7 Å². The Hall–Kier alpha value is -1.27. The number of aromatic nitrogens is 3. The van der Waals surface area contributed by atoms with Gasteiger partial charge >= 0.3 is 0 Å². The minimum atomic E-state index is 0.231. The molecule has 0 saturated carbocycles. The first-order valence-electron chi connectivity index (χ1n) is 5.85. The molecule has 2 aromatic heterocycles. The molecule has 0 aliphatic rings. The Morgan fingerprint density at radius 1 is 1.44 bits per heavy atom. The van der Waals surface area contributed by atoms with E-state index in [4.69, 9.17) is 10.3 Å². The van der Waals surface area contributed by atoms with E-state index in [2.05, 4.69) is 38.0 Å². The van der Waals surface area contributed by atoms with Gasteiger partial charge in [-0.05, 0) is 41.4 Å². The highest BCUT2D eigenvalue weighted by atomic mass is 79.9. The molecule has 2 heterocycles. The lowest BCUT2D eigenvalue weighted by atomic mass is 10.1. The molecule has 2 rings (SSSR count). The topological polar surface area (TPSA) is 77.8 Å². The molecule has 96 valence electrons. The summed E-state index contributed by atoms with van der Waals surface area (Å²) in [6, 6.07) is 1.91. The minimum absolute atomic E-state index is 0.231. The first-order chi connectivity index (χ1) is 8.70. The van der Waals surface area contributed by atoms with E-state index in [1.54, 1.807) is 12.4 Å². The summed E-state index contributed by atoms with van der Waals surface area (Å²) in [4.78, 5) is 8.47. The average molecular weight is 311 g/mol. The fourth-order valence-electron chi connectivity index (χ4n) is 1.63. The summed E-state index contributed by atoms with van der Waals surface area (Å²) in [7, 11) is 0. The van der Waals surface area contributed by atoms with E-state index in [1.807, 2.05) is 6.07 Å². The molecule has 0 amide bonds. The second-order valence-electron chi connectivity index (χ2n) is 4.18. The number of hydrogen-bond donors (Lipinski definition) is 1. The molecule has 0 spiro atoms. The molecule has 1 atom stereocenters. The maximum absolute atomic E-state index is 5.49. The van der Waals surface area contributed by atoms with Gasteiger partial charge in [0, 0.05) is 28.3 Å². The molecule has 0 aliphatic carbocycles. The first kappa shape index (κ1) is 13.2. The average Bonchev–Trinajstić information content (AvgIpc) is 2.85. The number of pyridine rings is 1. The molecule has 0 radical (unpaired) electrons. The molecule has 0 aromatic carbocycles. The predicted molar refractivity (Wildman–Crippen MR) is 71.9 cm³/mol. The Morgan fingerprint density at radius 3 is 3.00 bits per heavy atom. The van der Waals surface area contributed by atoms with Crippen LogP contribution in [0.15, 0.2) is 27.5 Å². The van der Waals surface area contributed by atoms with Crippen LogP contribution in [0.3, 0.4) is 0 Å². The van der Waals surface area contributed by atoms with E-state index in [0.717, 1.165) is 22.9 Å². The third kappa shape index (κ3) is 3.14. The number of hydrogen-bond acceptors (Lipinski definition) is 5. The Kier molecular flexibility index (Phi) is 4.43. The standard InChI is InChI=1S/C12H15BrN4O/c1-8(3-2-4-14)12-16-11(17-18-12)9-5-10(13)7-15-6-9/h5-8H,2-4,14H2,1H3. The molecule has 2 N–H and O–H groups in total. The van der Waals surface area contributed by atoms with E-state index in [0.29, 0.717) is 18.3 Å². The van der Waals surface area contributed by atoms with Crippen molar-refractivity contribution < 1.29 is 4.52 Å². The molecular formula is C12H15BrN4O. The molecule has 6 heteroatoms. The van der Waals surface area contributed by atoms with Crippen molar-refractivity contribution >= 4 is 15.9 Å². The zero-order chi connectivity index (χ0) is 13.0. The molecule has 0 aliphatic heterocycles. The van der Waals surface area contributed by atoms with Gasteiger partial charge < -0.3 is 10.3 Å². The summed E-state index contributed by atoms with van der Waals surface area (Å²) < 4.78 is 6.16. The van der Waals surface area contributed by atoms with Crippen LogP contribution in [0.25, 0.3) is 11.4 Å². The van der Waals surface area contributed by atoms with Gasteiger partial charge in [-0.25, -0.2) is 0 Å². The maximum atomic E-state index is 5.49. The zero-order valence-corrected chi connectivity index (χ0v) is 11.7. The van der Waals surface area contributed by atoms with E-state index in [-0.39, 0.29) is 5.92 Å². The van der Waals surface area contributed by atoms with Crippen LogP contribution in [0.2, 0.25) is 0 Å². The Labute approximate surface area is 114 Å². The van der Waals surface area contributed by atoms with Gasteiger partial charge in [-0.2, -0.15) is 4.98 Å². The largest absolute Gasteiger partial charge is 0.339 e. The van der Waals surface area contributed by atoms with Crippen molar-refractivity contribution in [1.82, 2.24) is 15.1 Å². The van der Waals surface area contributed by atoms with Crippen molar-refractivity contribution in [1.29, 1.82) is 0 Å². The van der Waals surface area contributed by atoms with Crippen LogP contribution >= 0.6 is 15.9 Å². The summed E-state index contributed by atoms with van der Waals surface area (Å²) in [6.07, 6.45) is 5.34. The molecular weight excluding hydrogens is 296 g/mol. The van der Waals surface area contributed by atoms with Gasteiger partial charge in [-0.3, -0.25) is 4.98 Å². The highest BCUT2D eigenvalue weighted by Gasteiger charge is 2.15. The molecule has 5 nitrogen and oxygen atoms in total. The van der Waals surface area contributed by atoms with Crippen LogP contribution in [-0.2, 0) is 0 Å². The second-order valence-corrected chi connectivity index (χ2v) is 5.10. The third-order valence-electron chi connectivity index (χ3n) is 2.67. The molecule has 0 saturated heterocycles. The quantitative estimate of drug-likeness (QED) is 0.918. The van der Waals surface area contributed by atoms with Crippen LogP contribution in [0.5, 0.6) is 0 Å². The van der Waals surface area contributed by atoms with Gasteiger partial charge in [0.1, 0.15) is 0 Å². The molecule has 0 bridgehead atoms. The van der Waals surface area contributed by atoms with Gasteiger partial charge in [0.15, 0.2) is 0 Å². The van der Waals surface area contributed by atoms with Crippen molar-refractivity contribution in [2.75, 3.05) is 6.54 Å². The van der Waals surface area contributed by atoms with Crippen LogP contribution in [-0.4, -0.2) is 21.7 Å². The van der Waals surface area contributed by atoms with Gasteiger partial charge in [0.2, 0.25) is 11.7 Å². The molecule has 1 unspecified atom stereocenters. The molecule has 0 fully saturated rings. The van der Waals surface area contributed by atoms with Gasteiger partial charge in [0.25, 0.3) is 0 Å². The van der Waals surface area contributed by atoms with Crippen LogP contribution in [0.1, 0.15) is 31.6 Å². The first-order valence-corrected chi connectivity index (χ1v) is 6.64. The van der Waals surface area contributed by atoms with Crippen LogP contribution in [0.4, 0.5) is 0 Å². The predicted octanol–water partition coefficient (Wildman–Crippen LogP) is 2.74. The fraction of sp³-hybridized carbons (Fsp3) is 0.417. The zero-order valence-electron chi connectivity index (χ0n) is 10.1. The SMILES string of the molecule is CC(CCCN)c1nc(-c2cncc(Br)c2)no1. The van der Waals surface area contributed by atoms with Crippen molar-refractivity contribution in [3.8, 4) is 11.4 Å². The summed E-state index contributed by atoms with van der Waals surface area (Å²) in [5.74, 6) is 1.45. The monoisotopic (exact) mass is 310 g/mol. The molecule has 2 aromatic rings. The van der Waals surface area contributed by atoms with Gasteiger partial charge in [-0.15, -0.1) is 0 Å². The van der Waals surface area contributed by atoms with E-state index in [1.165, 1.54) is 0 Å². The summed E-state index contributed by atoms with van der Waals surface area (Å²) >= 11 is 3.37. The van der Waals surface area contributed by atoms with Crippen molar-refractivity contribution in [3.05, 3.63) is 28.8 Å². The number of rotatable bonds is 5. The van der Waals surface area contributed by atoms with E-state index < -0.39 is 0 Å².